The maximum atomic E-state index is 13.3. The number of aliphatic hydroxyl groups excluding tert-OH is 1. The van der Waals surface area contributed by atoms with Gasteiger partial charge >= 0.3 is 5.97 Å². The molecule has 3 atom stereocenters. The third-order valence-electron chi connectivity index (χ3n) is 4.94. The number of esters is 1. The SMILES string of the molecule is Cc1cc([C@H](C(=O)N2C[C@H](O)C[C@H]2C(=O)OCc2ccccc2)C(C)C)on1. The molecule has 0 unspecified atom stereocenters. The predicted octanol–water partition coefficient (Wildman–Crippen LogP) is 2.43. The minimum Gasteiger partial charge on any atom is -0.459 e. The minimum atomic E-state index is -0.809. The molecule has 0 aliphatic carbocycles. The zero-order chi connectivity index (χ0) is 20.3. The van der Waals surface area contributed by atoms with E-state index in [0.717, 1.165) is 5.56 Å². The average molecular weight is 386 g/mol. The fourth-order valence-electron chi connectivity index (χ4n) is 3.55. The van der Waals surface area contributed by atoms with Crippen LogP contribution >= 0.6 is 0 Å². The number of carbonyl (C=O) groups excluding carboxylic acids is 2. The van der Waals surface area contributed by atoms with Crippen LogP contribution in [0.1, 0.15) is 43.2 Å². The summed E-state index contributed by atoms with van der Waals surface area (Å²) < 4.78 is 10.7. The van der Waals surface area contributed by atoms with E-state index in [1.54, 1.807) is 13.0 Å². The number of β-amino-alcohol motifs (C(OH)–C–C–N with tert-alkyl or cyclic N) is 1. The smallest absolute Gasteiger partial charge is 0.329 e. The van der Waals surface area contributed by atoms with E-state index in [1.165, 1.54) is 4.90 Å². The first-order valence-corrected chi connectivity index (χ1v) is 9.49. The van der Waals surface area contributed by atoms with E-state index in [9.17, 15) is 14.7 Å². The molecule has 0 saturated carbocycles. The summed E-state index contributed by atoms with van der Waals surface area (Å²) in [5.74, 6) is -0.931. The highest BCUT2D eigenvalue weighted by Gasteiger charge is 2.43. The number of aliphatic hydroxyl groups is 1. The Kier molecular flexibility index (Phi) is 6.14. The van der Waals surface area contributed by atoms with E-state index < -0.39 is 24.0 Å². The van der Waals surface area contributed by atoms with Gasteiger partial charge in [0.2, 0.25) is 5.91 Å². The van der Waals surface area contributed by atoms with E-state index in [-0.39, 0.29) is 31.4 Å². The highest BCUT2D eigenvalue weighted by molar-refractivity contribution is 5.89. The van der Waals surface area contributed by atoms with Crippen LogP contribution in [0.3, 0.4) is 0 Å². The summed E-state index contributed by atoms with van der Waals surface area (Å²) >= 11 is 0. The zero-order valence-corrected chi connectivity index (χ0v) is 16.4. The molecule has 1 aliphatic rings. The third kappa shape index (κ3) is 4.42. The van der Waals surface area contributed by atoms with Gasteiger partial charge in [-0.25, -0.2) is 4.79 Å². The van der Waals surface area contributed by atoms with Gasteiger partial charge in [0, 0.05) is 19.0 Å². The van der Waals surface area contributed by atoms with E-state index in [1.807, 2.05) is 44.2 Å². The van der Waals surface area contributed by atoms with E-state index in [0.29, 0.717) is 11.5 Å². The molecule has 1 N–H and O–H groups in total. The van der Waals surface area contributed by atoms with Crippen molar-refractivity contribution >= 4 is 11.9 Å². The minimum absolute atomic E-state index is 0.0569. The number of aryl methyl sites for hydroxylation is 1. The lowest BCUT2D eigenvalue weighted by Gasteiger charge is -2.28. The molecule has 0 spiro atoms. The van der Waals surface area contributed by atoms with Gasteiger partial charge in [-0.15, -0.1) is 0 Å². The van der Waals surface area contributed by atoms with Gasteiger partial charge in [-0.05, 0) is 18.4 Å². The Bertz CT molecular complexity index is 817. The van der Waals surface area contributed by atoms with E-state index >= 15 is 0 Å². The molecule has 2 aromatic rings. The highest BCUT2D eigenvalue weighted by atomic mass is 16.5. The van der Waals surface area contributed by atoms with Gasteiger partial charge < -0.3 is 19.3 Å². The molecular formula is C21H26N2O5. The molecule has 1 amide bonds. The lowest BCUT2D eigenvalue weighted by Crippen LogP contribution is -2.44. The molecule has 7 heteroatoms. The van der Waals surface area contributed by atoms with Crippen LogP contribution in [0.15, 0.2) is 40.9 Å². The second-order valence-corrected chi connectivity index (χ2v) is 7.58. The van der Waals surface area contributed by atoms with Crippen LogP contribution in [-0.2, 0) is 20.9 Å². The van der Waals surface area contributed by atoms with Gasteiger partial charge in [0.1, 0.15) is 24.3 Å². The summed E-state index contributed by atoms with van der Waals surface area (Å²) in [6.07, 6.45) is -0.595. The molecule has 0 bridgehead atoms. The summed E-state index contributed by atoms with van der Waals surface area (Å²) in [6.45, 7) is 5.84. The molecule has 3 rings (SSSR count). The number of nitrogens with zero attached hydrogens (tertiary/aromatic N) is 2. The lowest BCUT2D eigenvalue weighted by atomic mass is 9.91. The topological polar surface area (TPSA) is 92.9 Å². The molecular weight excluding hydrogens is 360 g/mol. The van der Waals surface area contributed by atoms with Gasteiger partial charge in [0.25, 0.3) is 0 Å². The molecule has 28 heavy (non-hydrogen) atoms. The number of hydrogen-bond donors (Lipinski definition) is 1. The number of rotatable bonds is 6. The molecule has 150 valence electrons. The van der Waals surface area contributed by atoms with Gasteiger partial charge in [0.05, 0.1) is 11.8 Å². The van der Waals surface area contributed by atoms with Crippen molar-refractivity contribution in [2.24, 2.45) is 5.92 Å². The van der Waals surface area contributed by atoms with Crippen molar-refractivity contribution in [1.82, 2.24) is 10.1 Å². The number of carbonyl (C=O) groups is 2. The first-order chi connectivity index (χ1) is 13.4. The van der Waals surface area contributed by atoms with Gasteiger partial charge in [-0.2, -0.15) is 0 Å². The molecule has 1 aliphatic heterocycles. The van der Waals surface area contributed by atoms with Crippen LogP contribution in [0.4, 0.5) is 0 Å². The van der Waals surface area contributed by atoms with Crippen molar-refractivity contribution in [3.05, 3.63) is 53.4 Å². The molecule has 2 heterocycles. The lowest BCUT2D eigenvalue weighted by molar-refractivity contribution is -0.155. The van der Waals surface area contributed by atoms with Crippen LogP contribution in [0.25, 0.3) is 0 Å². The van der Waals surface area contributed by atoms with Gasteiger partial charge in [0.15, 0.2) is 0 Å². The van der Waals surface area contributed by atoms with Crippen molar-refractivity contribution in [2.75, 3.05) is 6.54 Å². The van der Waals surface area contributed by atoms with Crippen molar-refractivity contribution in [3.8, 4) is 0 Å². The van der Waals surface area contributed by atoms with Gasteiger partial charge in [-0.1, -0.05) is 49.3 Å². The predicted molar refractivity (Wildman–Crippen MR) is 101 cm³/mol. The standard InChI is InChI=1S/C21H26N2O5/c1-13(2)19(18-9-14(3)22-28-18)20(25)23-11-16(24)10-17(23)21(26)27-12-15-7-5-4-6-8-15/h4-9,13,16-17,19,24H,10-12H2,1-3H3/t16-,17+,19-/m1/s1. The summed E-state index contributed by atoms with van der Waals surface area (Å²) in [5.41, 5.74) is 1.55. The fraction of sp³-hybridized carbons (Fsp3) is 0.476. The Morgan fingerprint density at radius 1 is 1.32 bits per heavy atom. The molecule has 1 fully saturated rings. The molecule has 1 aromatic heterocycles. The molecule has 1 saturated heterocycles. The molecule has 0 radical (unpaired) electrons. The van der Waals surface area contributed by atoms with Crippen LogP contribution in [0, 0.1) is 12.8 Å². The number of aromatic nitrogens is 1. The Morgan fingerprint density at radius 2 is 2.04 bits per heavy atom. The first kappa shape index (κ1) is 20.1. The van der Waals surface area contributed by atoms with Crippen LogP contribution in [-0.4, -0.2) is 45.7 Å². The van der Waals surface area contributed by atoms with Crippen LogP contribution in [0.2, 0.25) is 0 Å². The summed E-state index contributed by atoms with van der Waals surface area (Å²) in [7, 11) is 0. The monoisotopic (exact) mass is 386 g/mol. The van der Waals surface area contributed by atoms with Crippen molar-refractivity contribution < 1.29 is 24.0 Å². The summed E-state index contributed by atoms with van der Waals surface area (Å²) in [4.78, 5) is 27.3. The van der Waals surface area contributed by atoms with Gasteiger partial charge in [-0.3, -0.25) is 4.79 Å². The highest BCUT2D eigenvalue weighted by Crippen LogP contribution is 2.31. The van der Waals surface area contributed by atoms with Crippen molar-refractivity contribution in [1.29, 1.82) is 0 Å². The first-order valence-electron chi connectivity index (χ1n) is 9.49. The fourth-order valence-corrected chi connectivity index (χ4v) is 3.55. The van der Waals surface area contributed by atoms with Crippen LogP contribution in [0.5, 0.6) is 0 Å². The largest absolute Gasteiger partial charge is 0.459 e. The Morgan fingerprint density at radius 3 is 2.64 bits per heavy atom. The zero-order valence-electron chi connectivity index (χ0n) is 16.4. The maximum absolute atomic E-state index is 13.3. The van der Waals surface area contributed by atoms with E-state index in [4.69, 9.17) is 9.26 Å². The summed E-state index contributed by atoms with van der Waals surface area (Å²) in [5, 5.41) is 14.0. The molecule has 7 nitrogen and oxygen atoms in total. The van der Waals surface area contributed by atoms with Crippen molar-refractivity contribution in [3.63, 3.8) is 0 Å². The average Bonchev–Trinajstić information content (AvgIpc) is 3.26. The number of ether oxygens (including phenoxy) is 1. The third-order valence-corrected chi connectivity index (χ3v) is 4.94. The quantitative estimate of drug-likeness (QED) is 0.767. The van der Waals surface area contributed by atoms with Crippen molar-refractivity contribution in [2.45, 2.75) is 51.9 Å². The number of benzene rings is 1. The van der Waals surface area contributed by atoms with Crippen LogP contribution < -0.4 is 0 Å². The number of likely N-dealkylation sites (tertiary alicyclic amines) is 1. The number of hydrogen-bond acceptors (Lipinski definition) is 6. The Hall–Kier alpha value is -2.67. The van der Waals surface area contributed by atoms with E-state index in [2.05, 4.69) is 5.16 Å². The Balaban J connectivity index is 1.74. The summed E-state index contributed by atoms with van der Waals surface area (Å²) in [6, 6.07) is 10.3. The Labute approximate surface area is 164 Å². The second kappa shape index (κ2) is 8.56. The second-order valence-electron chi connectivity index (χ2n) is 7.58. The number of amides is 1. The molecule has 1 aromatic carbocycles. The normalized spacial score (nSPS) is 20.4. The maximum Gasteiger partial charge on any atom is 0.329 e.